The molecular weight excluding hydrogens is 276 g/mol. The van der Waals surface area contributed by atoms with E-state index < -0.39 is 0 Å². The number of nitriles is 1. The second-order valence-electron chi connectivity index (χ2n) is 6.30. The summed E-state index contributed by atoms with van der Waals surface area (Å²) in [6.07, 6.45) is 3.06. The zero-order chi connectivity index (χ0) is 15.7. The first-order valence-corrected chi connectivity index (χ1v) is 8.02. The number of rotatable bonds is 2. The van der Waals surface area contributed by atoms with Crippen LogP contribution in [0.4, 0.5) is 5.69 Å². The molecule has 1 aliphatic carbocycles. The number of nitrogens with zero attached hydrogens (tertiary/aromatic N) is 4. The van der Waals surface area contributed by atoms with Gasteiger partial charge in [0.25, 0.3) is 0 Å². The zero-order valence-corrected chi connectivity index (χ0v) is 13.3. The van der Waals surface area contributed by atoms with Crippen LogP contribution in [0.1, 0.15) is 36.2 Å². The van der Waals surface area contributed by atoms with Gasteiger partial charge in [0.1, 0.15) is 6.07 Å². The van der Waals surface area contributed by atoms with Gasteiger partial charge in [-0.2, -0.15) is 5.26 Å². The molecule has 1 aromatic rings. The lowest BCUT2D eigenvalue weighted by molar-refractivity contribution is -0.132. The molecular formula is C17H22N4O. The van der Waals surface area contributed by atoms with Gasteiger partial charge >= 0.3 is 0 Å². The first kappa shape index (κ1) is 14.8. The summed E-state index contributed by atoms with van der Waals surface area (Å²) in [5, 5.41) is 9.43. The maximum atomic E-state index is 12.2. The minimum Gasteiger partial charge on any atom is -0.369 e. The van der Waals surface area contributed by atoms with Crippen LogP contribution in [-0.2, 0) is 4.79 Å². The molecule has 0 unspecified atom stereocenters. The van der Waals surface area contributed by atoms with Crippen molar-refractivity contribution >= 4 is 11.6 Å². The number of pyridine rings is 1. The first-order chi connectivity index (χ1) is 10.6. The van der Waals surface area contributed by atoms with Crippen molar-refractivity contribution < 1.29 is 4.79 Å². The van der Waals surface area contributed by atoms with Crippen molar-refractivity contribution in [3.8, 4) is 6.07 Å². The van der Waals surface area contributed by atoms with Crippen molar-refractivity contribution in [1.82, 2.24) is 9.88 Å². The SMILES string of the molecule is Cc1cc(N2CCCN(C(=O)C3CC3)CC2)c(C#N)c(C)n1. The van der Waals surface area contributed by atoms with E-state index in [-0.39, 0.29) is 5.92 Å². The Morgan fingerprint density at radius 3 is 2.73 bits per heavy atom. The van der Waals surface area contributed by atoms with Crippen LogP contribution in [0.15, 0.2) is 6.07 Å². The first-order valence-electron chi connectivity index (χ1n) is 8.02. The molecule has 22 heavy (non-hydrogen) atoms. The van der Waals surface area contributed by atoms with Crippen molar-refractivity contribution in [2.24, 2.45) is 5.92 Å². The predicted molar refractivity (Wildman–Crippen MR) is 84.6 cm³/mol. The molecule has 0 bridgehead atoms. The Balaban J connectivity index is 1.79. The largest absolute Gasteiger partial charge is 0.369 e. The van der Waals surface area contributed by atoms with Crippen molar-refractivity contribution in [3.63, 3.8) is 0 Å². The summed E-state index contributed by atoms with van der Waals surface area (Å²) in [5.41, 5.74) is 3.34. The number of amides is 1. The van der Waals surface area contributed by atoms with Crippen molar-refractivity contribution in [3.05, 3.63) is 23.0 Å². The second-order valence-corrected chi connectivity index (χ2v) is 6.30. The molecule has 1 aromatic heterocycles. The monoisotopic (exact) mass is 298 g/mol. The number of aromatic nitrogens is 1. The van der Waals surface area contributed by atoms with Crippen LogP contribution in [0.2, 0.25) is 0 Å². The average Bonchev–Trinajstić information content (AvgIpc) is 3.32. The van der Waals surface area contributed by atoms with Gasteiger partial charge in [0, 0.05) is 37.8 Å². The molecule has 5 nitrogen and oxygen atoms in total. The molecule has 1 saturated heterocycles. The molecule has 2 heterocycles. The summed E-state index contributed by atoms with van der Waals surface area (Å²) in [6.45, 7) is 7.09. The molecule has 0 N–H and O–H groups in total. The maximum absolute atomic E-state index is 12.2. The van der Waals surface area contributed by atoms with E-state index in [0.717, 1.165) is 62.5 Å². The maximum Gasteiger partial charge on any atom is 0.225 e. The van der Waals surface area contributed by atoms with E-state index in [4.69, 9.17) is 0 Å². The van der Waals surface area contributed by atoms with Crippen molar-refractivity contribution in [1.29, 1.82) is 5.26 Å². The smallest absolute Gasteiger partial charge is 0.225 e. The fourth-order valence-electron chi connectivity index (χ4n) is 3.16. The Hall–Kier alpha value is -2.09. The van der Waals surface area contributed by atoms with Gasteiger partial charge in [0.2, 0.25) is 5.91 Å². The van der Waals surface area contributed by atoms with Crippen molar-refractivity contribution in [2.45, 2.75) is 33.1 Å². The fraction of sp³-hybridized carbons (Fsp3) is 0.588. The van der Waals surface area contributed by atoms with E-state index in [0.29, 0.717) is 11.5 Å². The molecule has 5 heteroatoms. The third-order valence-electron chi connectivity index (χ3n) is 4.49. The van der Waals surface area contributed by atoms with E-state index in [1.807, 2.05) is 24.8 Å². The lowest BCUT2D eigenvalue weighted by Crippen LogP contribution is -2.36. The molecule has 116 valence electrons. The molecule has 1 amide bonds. The van der Waals surface area contributed by atoms with Crippen LogP contribution < -0.4 is 4.90 Å². The molecule has 2 fully saturated rings. The van der Waals surface area contributed by atoms with Gasteiger partial charge < -0.3 is 9.80 Å². The highest BCUT2D eigenvalue weighted by Gasteiger charge is 2.34. The van der Waals surface area contributed by atoms with Crippen LogP contribution in [0.3, 0.4) is 0 Å². The van der Waals surface area contributed by atoms with Gasteiger partial charge in [-0.15, -0.1) is 0 Å². The molecule has 0 spiro atoms. The predicted octanol–water partition coefficient (Wildman–Crippen LogP) is 2.02. The van der Waals surface area contributed by atoms with Gasteiger partial charge in [-0.25, -0.2) is 0 Å². The number of carbonyl (C=O) groups excluding carboxylic acids is 1. The van der Waals surface area contributed by atoms with Gasteiger partial charge in [0.15, 0.2) is 0 Å². The minimum atomic E-state index is 0.284. The highest BCUT2D eigenvalue weighted by molar-refractivity contribution is 5.81. The summed E-state index contributed by atoms with van der Waals surface area (Å²) in [6, 6.07) is 4.28. The summed E-state index contributed by atoms with van der Waals surface area (Å²) in [5.74, 6) is 0.607. The van der Waals surface area contributed by atoms with Crippen molar-refractivity contribution in [2.75, 3.05) is 31.1 Å². The fourth-order valence-corrected chi connectivity index (χ4v) is 3.16. The molecule has 2 aliphatic rings. The van der Waals surface area contributed by atoms with Crippen LogP contribution in [0.25, 0.3) is 0 Å². The summed E-state index contributed by atoms with van der Waals surface area (Å²) >= 11 is 0. The Bertz CT molecular complexity index is 630. The number of hydrogen-bond donors (Lipinski definition) is 0. The number of hydrogen-bond acceptors (Lipinski definition) is 4. The summed E-state index contributed by atoms with van der Waals surface area (Å²) in [7, 11) is 0. The lowest BCUT2D eigenvalue weighted by atomic mass is 10.1. The third kappa shape index (κ3) is 2.92. The molecule has 1 saturated carbocycles. The number of aryl methyl sites for hydroxylation is 2. The zero-order valence-electron chi connectivity index (χ0n) is 13.3. The van der Waals surface area contributed by atoms with E-state index in [2.05, 4.69) is 16.0 Å². The minimum absolute atomic E-state index is 0.284. The number of carbonyl (C=O) groups is 1. The van der Waals surface area contributed by atoms with Gasteiger partial charge in [-0.05, 0) is 39.2 Å². The molecule has 1 aliphatic heterocycles. The van der Waals surface area contributed by atoms with E-state index in [1.54, 1.807) is 0 Å². The third-order valence-corrected chi connectivity index (χ3v) is 4.49. The highest BCUT2D eigenvalue weighted by Crippen LogP contribution is 2.31. The van der Waals surface area contributed by atoms with Gasteiger partial charge in [-0.1, -0.05) is 0 Å². The van der Waals surface area contributed by atoms with Crippen LogP contribution in [0, 0.1) is 31.1 Å². The molecule has 0 aromatic carbocycles. The van der Waals surface area contributed by atoms with E-state index >= 15 is 0 Å². The average molecular weight is 298 g/mol. The highest BCUT2D eigenvalue weighted by atomic mass is 16.2. The molecule has 0 atom stereocenters. The second kappa shape index (κ2) is 5.96. The quantitative estimate of drug-likeness (QED) is 0.838. The lowest BCUT2D eigenvalue weighted by Gasteiger charge is -2.25. The molecule has 3 rings (SSSR count). The van der Waals surface area contributed by atoms with Crippen LogP contribution >= 0.6 is 0 Å². The Kier molecular flexibility index (Phi) is 4.02. The Morgan fingerprint density at radius 2 is 2.05 bits per heavy atom. The Morgan fingerprint density at radius 1 is 1.27 bits per heavy atom. The standard InChI is InChI=1S/C17H22N4O/c1-12-10-16(15(11-18)13(2)19-12)20-6-3-7-21(9-8-20)17(22)14-4-5-14/h10,14H,3-9H2,1-2H3. The molecule has 0 radical (unpaired) electrons. The van der Waals surface area contributed by atoms with Crippen LogP contribution in [-0.4, -0.2) is 42.0 Å². The van der Waals surface area contributed by atoms with Crippen LogP contribution in [0.5, 0.6) is 0 Å². The van der Waals surface area contributed by atoms with E-state index in [1.165, 1.54) is 0 Å². The Labute approximate surface area is 131 Å². The normalized spacial score (nSPS) is 18.8. The van der Waals surface area contributed by atoms with Gasteiger partial charge in [-0.3, -0.25) is 9.78 Å². The topological polar surface area (TPSA) is 60.2 Å². The summed E-state index contributed by atoms with van der Waals surface area (Å²) in [4.78, 5) is 20.9. The van der Waals surface area contributed by atoms with E-state index in [9.17, 15) is 10.1 Å². The number of anilines is 1. The van der Waals surface area contributed by atoms with Gasteiger partial charge in [0.05, 0.1) is 16.9 Å². The summed E-state index contributed by atoms with van der Waals surface area (Å²) < 4.78 is 0.